The molecule has 56 valence electrons. The Morgan fingerprint density at radius 3 is 1.56 bits per heavy atom. The summed E-state index contributed by atoms with van der Waals surface area (Å²) in [6.45, 7) is 0. The number of alkyl halides is 6. The van der Waals surface area contributed by atoms with Crippen molar-refractivity contribution in [3.05, 3.63) is 0 Å². The van der Waals surface area contributed by atoms with Gasteiger partial charge in [-0.2, -0.15) is 8.78 Å². The summed E-state index contributed by atoms with van der Waals surface area (Å²) < 4.78 is 29.5. The molecule has 0 bridgehead atoms. The minimum Gasteiger partial charge on any atom is -0.208 e. The van der Waals surface area contributed by atoms with Gasteiger partial charge in [0, 0.05) is 0 Å². The Morgan fingerprint density at radius 2 is 1.56 bits per heavy atom. The molecular formula is C3H2Cl2F3I. The monoisotopic (exact) mass is 292 g/mol. The van der Waals surface area contributed by atoms with E-state index in [9.17, 15) is 13.2 Å². The zero-order valence-electron chi connectivity index (χ0n) is 3.97. The summed E-state index contributed by atoms with van der Waals surface area (Å²) in [6, 6.07) is 0. The number of rotatable bonds is 2. The lowest BCUT2D eigenvalue weighted by molar-refractivity contribution is 0.0912. The van der Waals surface area contributed by atoms with Crippen LogP contribution in [-0.4, -0.2) is 8.52 Å². The molecule has 0 aliphatic carbocycles. The van der Waals surface area contributed by atoms with Gasteiger partial charge in [-0.3, -0.25) is 0 Å². The molecule has 0 N–H and O–H groups in total. The molecule has 0 saturated heterocycles. The van der Waals surface area contributed by atoms with Crippen molar-refractivity contribution >= 4 is 45.8 Å². The van der Waals surface area contributed by atoms with Crippen molar-refractivity contribution in [1.29, 1.82) is 0 Å². The average Bonchev–Trinajstić information content (AvgIpc) is 1.14. The van der Waals surface area contributed by atoms with E-state index in [1.54, 1.807) is 0 Å². The standard InChI is InChI=1S/C3H2Cl2F3I/c4-2(5,6)1-3(7,8)9/h1H2. The van der Waals surface area contributed by atoms with E-state index in [1.807, 2.05) is 0 Å². The summed E-state index contributed by atoms with van der Waals surface area (Å²) in [5.41, 5.74) is 0. The van der Waals surface area contributed by atoms with Gasteiger partial charge in [-0.05, 0) is 22.6 Å². The van der Waals surface area contributed by atoms with Gasteiger partial charge in [-0.1, -0.05) is 23.2 Å². The van der Waals surface area contributed by atoms with Crippen molar-refractivity contribution in [2.75, 3.05) is 0 Å². The molecule has 0 nitrogen and oxygen atoms in total. The highest BCUT2D eigenvalue weighted by atomic mass is 127. The van der Waals surface area contributed by atoms with Crippen LogP contribution in [0.5, 0.6) is 0 Å². The van der Waals surface area contributed by atoms with Crippen LogP contribution in [0, 0.1) is 0 Å². The summed E-state index contributed by atoms with van der Waals surface area (Å²) in [5.74, 6) is 0. The molecule has 0 unspecified atom stereocenters. The Kier molecular flexibility index (Phi) is 3.37. The first kappa shape index (κ1) is 10.1. The van der Waals surface area contributed by atoms with Gasteiger partial charge in [-0.15, -0.1) is 0 Å². The zero-order valence-corrected chi connectivity index (χ0v) is 7.64. The van der Waals surface area contributed by atoms with E-state index in [1.165, 1.54) is 0 Å². The molecule has 0 spiro atoms. The molecule has 0 atom stereocenters. The maximum Gasteiger partial charge on any atom is 0.302 e. The fraction of sp³-hybridized carbons (Fsp3) is 1.00. The molecule has 0 radical (unpaired) electrons. The molecule has 0 rings (SSSR count). The largest absolute Gasteiger partial charge is 0.302 e. The lowest BCUT2D eigenvalue weighted by atomic mass is 10.5. The second-order valence-corrected chi connectivity index (χ2v) is 4.38. The third-order valence-corrected chi connectivity index (χ3v) is 1.05. The second-order valence-electron chi connectivity index (χ2n) is 1.41. The van der Waals surface area contributed by atoms with Gasteiger partial charge in [-0.25, -0.2) is 4.39 Å². The highest BCUT2D eigenvalue weighted by Gasteiger charge is 2.37. The predicted molar refractivity (Wildman–Crippen MR) is 39.1 cm³/mol. The number of halogens is 6. The van der Waals surface area contributed by atoms with Gasteiger partial charge in [0.05, 0.1) is 6.42 Å². The van der Waals surface area contributed by atoms with E-state index in [0.717, 1.165) is 22.6 Å². The van der Waals surface area contributed by atoms with Crippen molar-refractivity contribution in [2.24, 2.45) is 0 Å². The van der Waals surface area contributed by atoms with Crippen LogP contribution in [0.1, 0.15) is 6.42 Å². The third-order valence-electron chi connectivity index (χ3n) is 0.401. The molecule has 0 aromatic carbocycles. The van der Waals surface area contributed by atoms with Crippen molar-refractivity contribution in [1.82, 2.24) is 0 Å². The van der Waals surface area contributed by atoms with E-state index >= 15 is 0 Å². The van der Waals surface area contributed by atoms with Gasteiger partial charge < -0.3 is 0 Å². The Balaban J connectivity index is 3.75. The van der Waals surface area contributed by atoms with Gasteiger partial charge >= 0.3 is 3.93 Å². The van der Waals surface area contributed by atoms with Gasteiger partial charge in [0.2, 0.25) is 0 Å². The Morgan fingerprint density at radius 1 is 1.22 bits per heavy atom. The topological polar surface area (TPSA) is 0 Å². The molecule has 0 saturated carbocycles. The van der Waals surface area contributed by atoms with Crippen molar-refractivity contribution in [2.45, 2.75) is 14.9 Å². The van der Waals surface area contributed by atoms with Gasteiger partial charge in [0.1, 0.15) is 0 Å². The van der Waals surface area contributed by atoms with Crippen LogP contribution in [0.25, 0.3) is 0 Å². The number of hydrogen-bond acceptors (Lipinski definition) is 0. The molecule has 0 aromatic heterocycles. The van der Waals surface area contributed by atoms with Crippen LogP contribution in [0.3, 0.4) is 0 Å². The highest BCUT2D eigenvalue weighted by Crippen LogP contribution is 2.39. The first-order chi connectivity index (χ1) is 3.71. The Hall–Kier alpha value is 1.10. The fourth-order valence-electron chi connectivity index (χ4n) is 0.227. The maximum absolute atomic E-state index is 11.9. The van der Waals surface area contributed by atoms with Crippen LogP contribution >= 0.6 is 45.8 Å². The first-order valence-electron chi connectivity index (χ1n) is 1.84. The summed E-state index contributed by atoms with van der Waals surface area (Å²) in [4.78, 5) is 0. The van der Waals surface area contributed by atoms with Gasteiger partial charge in [0.15, 0.2) is 0 Å². The lowest BCUT2D eigenvalue weighted by Crippen LogP contribution is -2.16. The van der Waals surface area contributed by atoms with Crippen LogP contribution in [0.15, 0.2) is 0 Å². The van der Waals surface area contributed by atoms with Gasteiger partial charge in [0.25, 0.3) is 4.59 Å². The minimum atomic E-state index is -3.18. The van der Waals surface area contributed by atoms with Crippen LogP contribution < -0.4 is 0 Å². The fourth-order valence-corrected chi connectivity index (χ4v) is 1.54. The molecular weight excluding hydrogens is 291 g/mol. The summed E-state index contributed by atoms with van der Waals surface area (Å²) in [7, 11) is 0. The quantitative estimate of drug-likeness (QED) is 0.540. The average molecular weight is 293 g/mol. The SMILES string of the molecule is FC(Cl)(Cl)CC(F)(F)I. The van der Waals surface area contributed by atoms with Crippen LogP contribution in [0.4, 0.5) is 13.2 Å². The zero-order chi connectivity index (χ0) is 7.71. The molecule has 9 heavy (non-hydrogen) atoms. The maximum atomic E-state index is 11.9. The Labute approximate surface area is 73.8 Å². The smallest absolute Gasteiger partial charge is 0.208 e. The normalized spacial score (nSPS) is 14.0. The molecule has 0 aliphatic rings. The highest BCUT2D eigenvalue weighted by molar-refractivity contribution is 14.1. The molecule has 0 fully saturated rings. The second kappa shape index (κ2) is 3.00. The van der Waals surface area contributed by atoms with E-state index in [2.05, 4.69) is 23.2 Å². The summed E-state index contributed by atoms with van der Waals surface area (Å²) in [6.07, 6.45) is -1.19. The molecule has 0 aliphatic heterocycles. The van der Waals surface area contributed by atoms with Crippen molar-refractivity contribution in [3.8, 4) is 0 Å². The molecule has 0 aromatic rings. The predicted octanol–water partition coefficient (Wildman–Crippen LogP) is 3.51. The van der Waals surface area contributed by atoms with E-state index in [4.69, 9.17) is 0 Å². The van der Waals surface area contributed by atoms with Crippen LogP contribution in [-0.2, 0) is 0 Å². The van der Waals surface area contributed by atoms with E-state index < -0.39 is 14.9 Å². The third kappa shape index (κ3) is 9.10. The lowest BCUT2D eigenvalue weighted by Gasteiger charge is -2.12. The summed E-state index contributed by atoms with van der Waals surface area (Å²) >= 11 is 10.0. The molecule has 0 heterocycles. The van der Waals surface area contributed by atoms with E-state index in [0.29, 0.717) is 0 Å². The minimum absolute atomic E-state index is 0.760. The summed E-state index contributed by atoms with van der Waals surface area (Å²) in [5, 5.41) is 0. The molecule has 6 heteroatoms. The Bertz CT molecular complexity index is 82.2. The van der Waals surface area contributed by atoms with Crippen molar-refractivity contribution in [3.63, 3.8) is 0 Å². The van der Waals surface area contributed by atoms with Crippen LogP contribution in [0.2, 0.25) is 0 Å². The number of hydrogen-bond donors (Lipinski definition) is 0. The van der Waals surface area contributed by atoms with Crippen molar-refractivity contribution < 1.29 is 13.2 Å². The first-order valence-corrected chi connectivity index (χ1v) is 3.68. The molecule has 0 amide bonds. The van der Waals surface area contributed by atoms with E-state index in [-0.39, 0.29) is 0 Å².